The summed E-state index contributed by atoms with van der Waals surface area (Å²) in [6, 6.07) is 1.97. The molecule has 104 valence electrons. The fourth-order valence-electron chi connectivity index (χ4n) is 2.57. The summed E-state index contributed by atoms with van der Waals surface area (Å²) in [5.41, 5.74) is 3.63. The average molecular weight is 262 g/mol. The van der Waals surface area contributed by atoms with Crippen molar-refractivity contribution in [2.45, 2.75) is 51.0 Å². The summed E-state index contributed by atoms with van der Waals surface area (Å²) in [5.74, 6) is 5.33. The number of rotatable bonds is 3. The van der Waals surface area contributed by atoms with Crippen LogP contribution < -0.4 is 16.6 Å². The van der Waals surface area contributed by atoms with Crippen LogP contribution in [0.25, 0.3) is 0 Å². The number of hydrazine groups is 1. The minimum absolute atomic E-state index is 0.0686. The molecule has 1 aromatic heterocycles. The van der Waals surface area contributed by atoms with Gasteiger partial charge in [0.1, 0.15) is 0 Å². The Morgan fingerprint density at radius 3 is 2.58 bits per heavy atom. The second-order valence-electron chi connectivity index (χ2n) is 5.08. The third-order valence-corrected chi connectivity index (χ3v) is 3.66. The van der Waals surface area contributed by atoms with Gasteiger partial charge in [-0.1, -0.05) is 32.1 Å². The van der Waals surface area contributed by atoms with Crippen molar-refractivity contribution in [3.63, 3.8) is 0 Å². The Labute approximate surface area is 114 Å². The molecule has 1 saturated carbocycles. The first-order valence-corrected chi connectivity index (χ1v) is 7.03. The van der Waals surface area contributed by atoms with Crippen LogP contribution in [0, 0.1) is 0 Å². The van der Waals surface area contributed by atoms with E-state index in [2.05, 4.69) is 15.7 Å². The molecule has 0 atom stereocenters. The van der Waals surface area contributed by atoms with Crippen LogP contribution in [0.1, 0.15) is 55.3 Å². The maximum atomic E-state index is 12.3. The van der Waals surface area contributed by atoms with E-state index in [1.807, 2.05) is 0 Å². The van der Waals surface area contributed by atoms with Gasteiger partial charge in [-0.15, -0.1) is 0 Å². The van der Waals surface area contributed by atoms with Gasteiger partial charge >= 0.3 is 0 Å². The molecule has 1 aliphatic carbocycles. The van der Waals surface area contributed by atoms with Crippen molar-refractivity contribution < 1.29 is 4.79 Å². The largest absolute Gasteiger partial charge is 0.349 e. The number of anilines is 1. The number of aromatic nitrogens is 1. The minimum Gasteiger partial charge on any atom is -0.349 e. The number of nitrogens with zero attached hydrogens (tertiary/aromatic N) is 1. The van der Waals surface area contributed by atoms with Crippen LogP contribution in [-0.2, 0) is 0 Å². The number of nitrogen functional groups attached to an aromatic ring is 1. The van der Waals surface area contributed by atoms with E-state index in [1.54, 1.807) is 18.5 Å². The highest BCUT2D eigenvalue weighted by molar-refractivity contribution is 5.99. The predicted octanol–water partition coefficient (Wildman–Crippen LogP) is 2.21. The molecular weight excluding hydrogens is 240 g/mol. The first-order chi connectivity index (χ1) is 9.31. The lowest BCUT2D eigenvalue weighted by atomic mass is 9.96. The number of carbonyl (C=O) groups is 1. The van der Waals surface area contributed by atoms with Gasteiger partial charge in [0.05, 0.1) is 17.4 Å². The normalized spacial score (nSPS) is 17.3. The number of amides is 1. The smallest absolute Gasteiger partial charge is 0.253 e. The highest BCUT2D eigenvalue weighted by Crippen LogP contribution is 2.18. The van der Waals surface area contributed by atoms with Crippen molar-refractivity contribution in [2.24, 2.45) is 5.84 Å². The molecule has 0 radical (unpaired) electrons. The SMILES string of the molecule is NNc1cnccc1C(=O)NC1CCCCCCC1. The molecule has 1 amide bonds. The van der Waals surface area contributed by atoms with E-state index >= 15 is 0 Å². The van der Waals surface area contributed by atoms with E-state index in [1.165, 1.54) is 32.1 Å². The third-order valence-electron chi connectivity index (χ3n) is 3.66. The molecule has 0 unspecified atom stereocenters. The Balaban J connectivity index is 1.99. The molecule has 5 heteroatoms. The summed E-state index contributed by atoms with van der Waals surface area (Å²) in [6.45, 7) is 0. The molecule has 1 aliphatic rings. The van der Waals surface area contributed by atoms with E-state index in [0.29, 0.717) is 11.3 Å². The monoisotopic (exact) mass is 262 g/mol. The molecular formula is C14H22N4O. The van der Waals surface area contributed by atoms with Crippen LogP contribution in [0.4, 0.5) is 5.69 Å². The van der Waals surface area contributed by atoms with Crippen LogP contribution in [-0.4, -0.2) is 16.9 Å². The van der Waals surface area contributed by atoms with Crippen molar-refractivity contribution in [3.05, 3.63) is 24.0 Å². The number of pyridine rings is 1. The van der Waals surface area contributed by atoms with Gasteiger partial charge in [-0.25, -0.2) is 0 Å². The van der Waals surface area contributed by atoms with Gasteiger partial charge in [0, 0.05) is 12.2 Å². The molecule has 4 N–H and O–H groups in total. The molecule has 1 heterocycles. The Bertz CT molecular complexity index is 414. The third kappa shape index (κ3) is 3.92. The number of nitrogens with two attached hydrogens (primary N) is 1. The first kappa shape index (κ1) is 13.8. The molecule has 0 saturated heterocycles. The number of hydrogen-bond donors (Lipinski definition) is 3. The van der Waals surface area contributed by atoms with Gasteiger partial charge in [-0.3, -0.25) is 15.6 Å². The summed E-state index contributed by atoms with van der Waals surface area (Å²) in [6.07, 6.45) is 11.6. The molecule has 0 aliphatic heterocycles. The highest BCUT2D eigenvalue weighted by Gasteiger charge is 2.17. The Morgan fingerprint density at radius 2 is 1.89 bits per heavy atom. The van der Waals surface area contributed by atoms with E-state index < -0.39 is 0 Å². The highest BCUT2D eigenvalue weighted by atomic mass is 16.1. The van der Waals surface area contributed by atoms with Crippen molar-refractivity contribution in [1.29, 1.82) is 0 Å². The molecule has 0 spiro atoms. The van der Waals surface area contributed by atoms with Gasteiger partial charge in [0.15, 0.2) is 0 Å². The molecule has 19 heavy (non-hydrogen) atoms. The van der Waals surface area contributed by atoms with E-state index in [-0.39, 0.29) is 11.9 Å². The maximum Gasteiger partial charge on any atom is 0.253 e. The summed E-state index contributed by atoms with van der Waals surface area (Å²) in [4.78, 5) is 16.2. The van der Waals surface area contributed by atoms with Gasteiger partial charge in [-0.2, -0.15) is 0 Å². The molecule has 0 aromatic carbocycles. The lowest BCUT2D eigenvalue weighted by molar-refractivity contribution is 0.0931. The van der Waals surface area contributed by atoms with Crippen molar-refractivity contribution in [1.82, 2.24) is 10.3 Å². The van der Waals surface area contributed by atoms with Crippen LogP contribution in [0.5, 0.6) is 0 Å². The van der Waals surface area contributed by atoms with E-state index in [0.717, 1.165) is 12.8 Å². The van der Waals surface area contributed by atoms with Gasteiger partial charge in [-0.05, 0) is 18.9 Å². The molecule has 1 aromatic rings. The lowest BCUT2D eigenvalue weighted by Crippen LogP contribution is -2.35. The lowest BCUT2D eigenvalue weighted by Gasteiger charge is -2.21. The quantitative estimate of drug-likeness (QED) is 0.576. The summed E-state index contributed by atoms with van der Waals surface area (Å²) < 4.78 is 0. The van der Waals surface area contributed by atoms with Gasteiger partial charge in [0.25, 0.3) is 5.91 Å². The predicted molar refractivity (Wildman–Crippen MR) is 75.6 cm³/mol. The van der Waals surface area contributed by atoms with Crippen molar-refractivity contribution in [3.8, 4) is 0 Å². The van der Waals surface area contributed by atoms with Gasteiger partial charge in [0.2, 0.25) is 0 Å². The standard InChI is InChI=1S/C14H22N4O/c15-18-13-10-16-9-8-12(13)14(19)17-11-6-4-2-1-3-5-7-11/h8-11,18H,1-7,15H2,(H,17,19). The average Bonchev–Trinajstić information content (AvgIpc) is 2.41. The molecule has 2 rings (SSSR count). The van der Waals surface area contributed by atoms with E-state index in [4.69, 9.17) is 5.84 Å². The summed E-state index contributed by atoms with van der Waals surface area (Å²) >= 11 is 0. The Hall–Kier alpha value is -1.62. The molecule has 1 fully saturated rings. The van der Waals surface area contributed by atoms with Crippen LogP contribution in [0.3, 0.4) is 0 Å². The summed E-state index contributed by atoms with van der Waals surface area (Å²) in [5, 5.41) is 3.12. The van der Waals surface area contributed by atoms with Gasteiger partial charge < -0.3 is 10.7 Å². The number of nitrogens with one attached hydrogen (secondary N) is 2. The number of hydrogen-bond acceptors (Lipinski definition) is 4. The molecule has 5 nitrogen and oxygen atoms in total. The van der Waals surface area contributed by atoms with Crippen LogP contribution >= 0.6 is 0 Å². The summed E-state index contributed by atoms with van der Waals surface area (Å²) in [7, 11) is 0. The minimum atomic E-state index is -0.0686. The zero-order chi connectivity index (χ0) is 13.5. The fourth-order valence-corrected chi connectivity index (χ4v) is 2.57. The second-order valence-corrected chi connectivity index (χ2v) is 5.08. The van der Waals surface area contributed by atoms with E-state index in [9.17, 15) is 4.79 Å². The zero-order valence-corrected chi connectivity index (χ0v) is 11.2. The maximum absolute atomic E-state index is 12.3. The first-order valence-electron chi connectivity index (χ1n) is 7.03. The van der Waals surface area contributed by atoms with Crippen LogP contribution in [0.15, 0.2) is 18.5 Å². The topological polar surface area (TPSA) is 80.0 Å². The number of carbonyl (C=O) groups excluding carboxylic acids is 1. The fraction of sp³-hybridized carbons (Fsp3) is 0.571. The van der Waals surface area contributed by atoms with Crippen LogP contribution in [0.2, 0.25) is 0 Å². The second kappa shape index (κ2) is 7.09. The Kier molecular flexibility index (Phi) is 5.15. The van der Waals surface area contributed by atoms with Crippen molar-refractivity contribution in [2.75, 3.05) is 5.43 Å². The Morgan fingerprint density at radius 1 is 1.21 bits per heavy atom. The van der Waals surface area contributed by atoms with Crippen molar-refractivity contribution >= 4 is 11.6 Å². The zero-order valence-electron chi connectivity index (χ0n) is 11.2. The molecule has 0 bridgehead atoms.